The Morgan fingerprint density at radius 2 is 2.03 bits per heavy atom. The molecule has 0 aliphatic carbocycles. The van der Waals surface area contributed by atoms with E-state index in [2.05, 4.69) is 15.7 Å². The summed E-state index contributed by atoms with van der Waals surface area (Å²) in [6.45, 7) is 0.0857. The molecule has 152 valence electrons. The second kappa shape index (κ2) is 7.26. The number of amides is 1. The summed E-state index contributed by atoms with van der Waals surface area (Å²) in [5, 5.41) is 9.39. The van der Waals surface area contributed by atoms with E-state index < -0.39 is 30.0 Å². The van der Waals surface area contributed by atoms with E-state index in [1.807, 2.05) is 0 Å². The first-order chi connectivity index (χ1) is 13.8. The van der Waals surface area contributed by atoms with Crippen molar-refractivity contribution in [3.63, 3.8) is 0 Å². The summed E-state index contributed by atoms with van der Waals surface area (Å²) >= 11 is 0. The number of alkyl halides is 3. The number of anilines is 1. The van der Waals surface area contributed by atoms with Crippen molar-refractivity contribution in [1.82, 2.24) is 15.1 Å². The molecule has 2 N–H and O–H groups in total. The van der Waals surface area contributed by atoms with Crippen LogP contribution >= 0.6 is 0 Å². The second-order valence-corrected chi connectivity index (χ2v) is 6.66. The summed E-state index contributed by atoms with van der Waals surface area (Å²) in [6.07, 6.45) is -3.45. The number of halogens is 4. The van der Waals surface area contributed by atoms with Gasteiger partial charge in [-0.1, -0.05) is 12.1 Å². The van der Waals surface area contributed by atoms with Gasteiger partial charge in [0, 0.05) is 12.5 Å². The maximum Gasteiger partial charge on any atom is 0.410 e. The van der Waals surface area contributed by atoms with E-state index in [0.717, 1.165) is 4.68 Å². The molecule has 0 unspecified atom stereocenters. The Morgan fingerprint density at radius 1 is 1.28 bits per heavy atom. The lowest BCUT2D eigenvalue weighted by Gasteiger charge is -2.33. The van der Waals surface area contributed by atoms with E-state index in [4.69, 9.17) is 4.42 Å². The number of rotatable bonds is 4. The van der Waals surface area contributed by atoms with Gasteiger partial charge < -0.3 is 15.1 Å². The van der Waals surface area contributed by atoms with Gasteiger partial charge in [-0.25, -0.2) is 9.07 Å². The molecule has 1 aromatic carbocycles. The smallest absolute Gasteiger partial charge is 0.410 e. The van der Waals surface area contributed by atoms with Crippen LogP contribution in [-0.4, -0.2) is 21.9 Å². The van der Waals surface area contributed by atoms with E-state index in [0.29, 0.717) is 11.3 Å². The summed E-state index contributed by atoms with van der Waals surface area (Å²) in [6, 6.07) is 7.22. The predicted octanol–water partition coefficient (Wildman–Crippen LogP) is 4.21. The molecule has 6 nitrogen and oxygen atoms in total. The van der Waals surface area contributed by atoms with Gasteiger partial charge in [-0.15, -0.1) is 0 Å². The van der Waals surface area contributed by atoms with Gasteiger partial charge in [-0.3, -0.25) is 4.79 Å². The van der Waals surface area contributed by atoms with Crippen molar-refractivity contribution in [2.45, 2.75) is 31.2 Å². The number of benzene rings is 1. The summed E-state index contributed by atoms with van der Waals surface area (Å²) in [7, 11) is 0. The molecule has 1 aliphatic heterocycles. The van der Waals surface area contributed by atoms with Gasteiger partial charge in [-0.2, -0.15) is 18.3 Å². The number of fused-ring (bicyclic) bond motifs is 1. The van der Waals surface area contributed by atoms with E-state index >= 15 is 0 Å². The largest absolute Gasteiger partial charge is 0.467 e. The lowest BCUT2D eigenvalue weighted by Crippen LogP contribution is -2.35. The number of aromatic nitrogens is 2. The molecule has 10 heteroatoms. The Morgan fingerprint density at radius 3 is 2.69 bits per heavy atom. The fourth-order valence-corrected chi connectivity index (χ4v) is 3.27. The number of furan rings is 1. The van der Waals surface area contributed by atoms with Crippen molar-refractivity contribution in [3.05, 3.63) is 71.6 Å². The number of hydrogen-bond acceptors (Lipinski definition) is 4. The van der Waals surface area contributed by atoms with E-state index in [1.54, 1.807) is 12.1 Å². The van der Waals surface area contributed by atoms with E-state index in [1.165, 1.54) is 36.6 Å². The highest BCUT2D eigenvalue weighted by molar-refractivity contribution is 5.93. The first-order valence-corrected chi connectivity index (χ1v) is 8.80. The van der Waals surface area contributed by atoms with Crippen molar-refractivity contribution >= 4 is 11.7 Å². The van der Waals surface area contributed by atoms with Gasteiger partial charge in [-0.05, 0) is 29.8 Å². The molecule has 3 aromatic rings. The minimum atomic E-state index is -4.57. The van der Waals surface area contributed by atoms with Crippen LogP contribution in [0.25, 0.3) is 0 Å². The van der Waals surface area contributed by atoms with Gasteiger partial charge in [0.1, 0.15) is 17.4 Å². The lowest BCUT2D eigenvalue weighted by molar-refractivity contribution is -0.173. The van der Waals surface area contributed by atoms with Crippen LogP contribution < -0.4 is 10.6 Å². The number of nitrogens with one attached hydrogen (secondary N) is 2. The van der Waals surface area contributed by atoms with Crippen LogP contribution in [0.5, 0.6) is 0 Å². The third-order valence-electron chi connectivity index (χ3n) is 4.70. The molecule has 2 atom stereocenters. The molecule has 0 saturated heterocycles. The van der Waals surface area contributed by atoms with Crippen LogP contribution in [0.2, 0.25) is 0 Å². The fraction of sp³-hybridized carbons (Fsp3) is 0.263. The molecule has 1 amide bonds. The van der Waals surface area contributed by atoms with Crippen molar-refractivity contribution in [3.8, 4) is 0 Å². The van der Waals surface area contributed by atoms with Gasteiger partial charge in [0.25, 0.3) is 5.91 Å². The van der Waals surface area contributed by atoms with Gasteiger partial charge in [0.05, 0.1) is 18.8 Å². The monoisotopic (exact) mass is 408 g/mol. The zero-order valence-electron chi connectivity index (χ0n) is 14.9. The third kappa shape index (κ3) is 3.96. The van der Waals surface area contributed by atoms with Crippen molar-refractivity contribution in [2.24, 2.45) is 0 Å². The standard InChI is InChI=1S/C19H16F4N4O2/c20-12-5-3-11(4-6-12)14-8-16(19(21,22)23)27-17(25-14)9-15(26-27)18(28)24-10-13-2-1-7-29-13/h1-7,9,14,16,25H,8,10H2,(H,24,28)/t14-,16-/m1/s1. The summed E-state index contributed by atoms with van der Waals surface area (Å²) < 4.78 is 60.0. The number of hydrogen-bond donors (Lipinski definition) is 2. The van der Waals surface area contributed by atoms with Crippen LogP contribution in [0.3, 0.4) is 0 Å². The Hall–Kier alpha value is -3.30. The normalized spacial score (nSPS) is 18.8. The molecular weight excluding hydrogens is 392 g/mol. The highest BCUT2D eigenvalue weighted by atomic mass is 19.4. The molecule has 3 heterocycles. The van der Waals surface area contributed by atoms with Gasteiger partial charge in [0.2, 0.25) is 0 Å². The summed E-state index contributed by atoms with van der Waals surface area (Å²) in [4.78, 5) is 12.3. The topological polar surface area (TPSA) is 72.1 Å². The molecule has 4 rings (SSSR count). The lowest BCUT2D eigenvalue weighted by atomic mass is 9.97. The molecular formula is C19H16F4N4O2. The Balaban J connectivity index is 1.59. The number of carbonyl (C=O) groups excluding carboxylic acids is 1. The van der Waals surface area contributed by atoms with Crippen molar-refractivity contribution in [1.29, 1.82) is 0 Å². The molecule has 0 fully saturated rings. The maximum absolute atomic E-state index is 13.7. The highest BCUT2D eigenvalue weighted by Crippen LogP contribution is 2.43. The molecule has 0 saturated carbocycles. The van der Waals surface area contributed by atoms with Gasteiger partial charge in [0.15, 0.2) is 11.7 Å². The SMILES string of the molecule is O=C(NCc1ccco1)c1cc2n(n1)[C@@H](C(F)(F)F)C[C@H](c1ccc(F)cc1)N2. The first kappa shape index (κ1) is 19.0. The summed E-state index contributed by atoms with van der Waals surface area (Å²) in [5.41, 5.74) is 0.366. The fourth-order valence-electron chi connectivity index (χ4n) is 3.27. The quantitative estimate of drug-likeness (QED) is 0.635. The Labute approximate surface area is 162 Å². The molecule has 2 aromatic heterocycles. The van der Waals surface area contributed by atoms with Crippen LogP contribution in [0.1, 0.15) is 40.3 Å². The second-order valence-electron chi connectivity index (χ2n) is 6.66. The Kier molecular flexibility index (Phi) is 4.77. The average Bonchev–Trinajstić information content (AvgIpc) is 3.34. The molecule has 29 heavy (non-hydrogen) atoms. The van der Waals surface area contributed by atoms with E-state index in [9.17, 15) is 22.4 Å². The van der Waals surface area contributed by atoms with Crippen LogP contribution in [0.4, 0.5) is 23.4 Å². The molecule has 1 aliphatic rings. The minimum Gasteiger partial charge on any atom is -0.467 e. The van der Waals surface area contributed by atoms with Gasteiger partial charge >= 0.3 is 6.18 Å². The molecule has 0 bridgehead atoms. The minimum absolute atomic E-state index is 0.0658. The predicted molar refractivity (Wildman–Crippen MR) is 94.6 cm³/mol. The zero-order valence-corrected chi connectivity index (χ0v) is 14.9. The Bertz CT molecular complexity index is 996. The van der Waals surface area contributed by atoms with Crippen LogP contribution in [0, 0.1) is 5.82 Å². The number of carbonyl (C=O) groups is 1. The first-order valence-electron chi connectivity index (χ1n) is 8.80. The average molecular weight is 408 g/mol. The van der Waals surface area contributed by atoms with Crippen LogP contribution in [0.15, 0.2) is 53.1 Å². The van der Waals surface area contributed by atoms with Crippen LogP contribution in [-0.2, 0) is 6.54 Å². The molecule has 0 radical (unpaired) electrons. The van der Waals surface area contributed by atoms with Crippen molar-refractivity contribution in [2.75, 3.05) is 5.32 Å². The third-order valence-corrected chi connectivity index (χ3v) is 4.70. The zero-order chi connectivity index (χ0) is 20.6. The molecule has 0 spiro atoms. The maximum atomic E-state index is 13.7. The highest BCUT2D eigenvalue weighted by Gasteiger charge is 2.46. The van der Waals surface area contributed by atoms with E-state index in [-0.39, 0.29) is 24.5 Å². The summed E-state index contributed by atoms with van der Waals surface area (Å²) in [5.74, 6) is -0.525. The van der Waals surface area contributed by atoms with Crippen molar-refractivity contribution < 1.29 is 26.8 Å². The number of nitrogens with zero attached hydrogens (tertiary/aromatic N) is 2.